The zero-order chi connectivity index (χ0) is 16.3. The average molecular weight is 298 g/mol. The Labute approximate surface area is 131 Å². The Morgan fingerprint density at radius 2 is 1.86 bits per heavy atom. The molecular weight excluding hydrogens is 276 g/mol. The summed E-state index contributed by atoms with van der Waals surface area (Å²) >= 11 is 0. The van der Waals surface area contributed by atoms with Gasteiger partial charge in [-0.3, -0.25) is 9.59 Å². The number of rotatable bonds is 4. The number of aryl methyl sites for hydroxylation is 1. The number of carbonyl (C=O) groups is 2. The van der Waals surface area contributed by atoms with Gasteiger partial charge < -0.3 is 4.74 Å². The van der Waals surface area contributed by atoms with Gasteiger partial charge in [0.1, 0.15) is 0 Å². The fourth-order valence-electron chi connectivity index (χ4n) is 2.88. The van der Waals surface area contributed by atoms with E-state index in [4.69, 9.17) is 4.74 Å². The van der Waals surface area contributed by atoms with Gasteiger partial charge in [-0.15, -0.1) is 0 Å². The van der Waals surface area contributed by atoms with Crippen LogP contribution in [-0.4, -0.2) is 18.4 Å². The van der Waals surface area contributed by atoms with Gasteiger partial charge in [0.05, 0.1) is 6.61 Å². The molecule has 0 fully saturated rings. The lowest BCUT2D eigenvalue weighted by Gasteiger charge is -2.26. The number of ether oxygens (including phenoxy) is 1. The first-order valence-electron chi connectivity index (χ1n) is 7.54. The molecule has 0 saturated heterocycles. The largest absolute Gasteiger partial charge is 0.465 e. The molecule has 1 aliphatic rings. The van der Waals surface area contributed by atoms with Gasteiger partial charge >= 0.3 is 5.97 Å². The number of ketones is 1. The first-order chi connectivity index (χ1) is 10.4. The van der Waals surface area contributed by atoms with Crippen LogP contribution in [-0.2, 0) is 14.3 Å². The van der Waals surface area contributed by atoms with Crippen LogP contribution >= 0.6 is 0 Å². The summed E-state index contributed by atoms with van der Waals surface area (Å²) in [6.45, 7) is 7.45. The number of benzene rings is 1. The minimum absolute atomic E-state index is 0.169. The van der Waals surface area contributed by atoms with E-state index in [2.05, 4.69) is 0 Å². The van der Waals surface area contributed by atoms with Gasteiger partial charge in [0.15, 0.2) is 11.2 Å². The zero-order valence-corrected chi connectivity index (χ0v) is 13.6. The Balaban J connectivity index is 2.51. The summed E-state index contributed by atoms with van der Waals surface area (Å²) in [5.41, 5.74) is 2.69. The van der Waals surface area contributed by atoms with Crippen LogP contribution in [0.4, 0.5) is 0 Å². The molecule has 1 aromatic rings. The van der Waals surface area contributed by atoms with Crippen molar-refractivity contribution in [3.63, 3.8) is 0 Å². The van der Waals surface area contributed by atoms with Crippen LogP contribution in [0.25, 0.3) is 6.08 Å². The molecule has 0 aromatic heterocycles. The van der Waals surface area contributed by atoms with Crippen LogP contribution in [0.3, 0.4) is 0 Å². The molecule has 0 amide bonds. The van der Waals surface area contributed by atoms with Gasteiger partial charge in [-0.05, 0) is 45.3 Å². The summed E-state index contributed by atoms with van der Waals surface area (Å²) in [5, 5.41) is 0. The SMILES string of the molecule is CCOC(=O)C1(C(C)=O)CC(C)=C/C1=C/c1ccc(C)cc1. The number of Topliss-reactive ketones (excluding diaryl/α,β-unsaturated/α-hetero) is 1. The van der Waals surface area contributed by atoms with Crippen LogP contribution < -0.4 is 0 Å². The second kappa shape index (κ2) is 6.30. The number of esters is 1. The maximum atomic E-state index is 12.5. The molecule has 1 unspecified atom stereocenters. The van der Waals surface area contributed by atoms with Gasteiger partial charge in [-0.1, -0.05) is 47.6 Å². The molecule has 0 radical (unpaired) electrons. The lowest BCUT2D eigenvalue weighted by molar-refractivity contribution is -0.156. The quantitative estimate of drug-likeness (QED) is 0.626. The lowest BCUT2D eigenvalue weighted by Crippen LogP contribution is -2.39. The van der Waals surface area contributed by atoms with Gasteiger partial charge in [-0.2, -0.15) is 0 Å². The van der Waals surface area contributed by atoms with E-state index in [1.165, 1.54) is 12.5 Å². The molecule has 116 valence electrons. The molecule has 3 heteroatoms. The first kappa shape index (κ1) is 16.2. The first-order valence-corrected chi connectivity index (χ1v) is 7.54. The third-order valence-electron chi connectivity index (χ3n) is 4.06. The molecule has 0 saturated carbocycles. The van der Waals surface area contributed by atoms with Crippen molar-refractivity contribution in [1.29, 1.82) is 0 Å². The summed E-state index contributed by atoms with van der Waals surface area (Å²) < 4.78 is 5.19. The van der Waals surface area contributed by atoms with Crippen molar-refractivity contribution >= 4 is 17.8 Å². The molecule has 0 N–H and O–H groups in total. The molecule has 0 aliphatic heterocycles. The molecule has 22 heavy (non-hydrogen) atoms. The summed E-state index contributed by atoms with van der Waals surface area (Å²) in [7, 11) is 0. The average Bonchev–Trinajstić information content (AvgIpc) is 2.79. The molecule has 1 aromatic carbocycles. The van der Waals surface area contributed by atoms with Gasteiger partial charge in [0.25, 0.3) is 0 Å². The minimum Gasteiger partial charge on any atom is -0.465 e. The lowest BCUT2D eigenvalue weighted by atomic mass is 9.76. The fraction of sp³-hybridized carbons (Fsp3) is 0.368. The highest BCUT2D eigenvalue weighted by atomic mass is 16.5. The Morgan fingerprint density at radius 1 is 1.23 bits per heavy atom. The predicted octanol–water partition coefficient (Wildman–Crippen LogP) is 3.87. The van der Waals surface area contributed by atoms with Crippen molar-refractivity contribution < 1.29 is 14.3 Å². The van der Waals surface area contributed by atoms with E-state index < -0.39 is 11.4 Å². The van der Waals surface area contributed by atoms with E-state index in [-0.39, 0.29) is 12.4 Å². The third-order valence-corrected chi connectivity index (χ3v) is 4.06. The molecule has 3 nitrogen and oxygen atoms in total. The van der Waals surface area contributed by atoms with E-state index in [9.17, 15) is 9.59 Å². The maximum absolute atomic E-state index is 12.5. The summed E-state index contributed by atoms with van der Waals surface area (Å²) in [5.74, 6) is -0.619. The van der Waals surface area contributed by atoms with Crippen LogP contribution in [0, 0.1) is 12.3 Å². The van der Waals surface area contributed by atoms with Crippen LogP contribution in [0.1, 0.15) is 38.3 Å². The Morgan fingerprint density at radius 3 is 2.41 bits per heavy atom. The summed E-state index contributed by atoms with van der Waals surface area (Å²) in [6.07, 6.45) is 4.24. The van der Waals surface area contributed by atoms with Crippen molar-refractivity contribution in [2.75, 3.05) is 6.61 Å². The normalized spacial score (nSPS) is 22.5. The third kappa shape index (κ3) is 2.89. The molecule has 1 aliphatic carbocycles. The zero-order valence-electron chi connectivity index (χ0n) is 13.6. The minimum atomic E-state index is -1.19. The van der Waals surface area contributed by atoms with Crippen molar-refractivity contribution in [1.82, 2.24) is 0 Å². The second-order valence-corrected chi connectivity index (χ2v) is 5.86. The highest BCUT2D eigenvalue weighted by Gasteiger charge is 2.50. The molecule has 0 heterocycles. The molecular formula is C19H22O3. The van der Waals surface area contributed by atoms with E-state index in [0.717, 1.165) is 16.7 Å². The van der Waals surface area contributed by atoms with Crippen molar-refractivity contribution in [2.24, 2.45) is 5.41 Å². The molecule has 0 bridgehead atoms. The van der Waals surface area contributed by atoms with Gasteiger partial charge in [-0.25, -0.2) is 0 Å². The number of allylic oxidation sites excluding steroid dienone is 2. The summed E-state index contributed by atoms with van der Waals surface area (Å²) in [6, 6.07) is 8.00. The van der Waals surface area contributed by atoms with Crippen molar-refractivity contribution in [3.05, 3.63) is 52.6 Å². The van der Waals surface area contributed by atoms with Crippen LogP contribution in [0.2, 0.25) is 0 Å². The number of hydrogen-bond acceptors (Lipinski definition) is 3. The van der Waals surface area contributed by atoms with Gasteiger partial charge in [0, 0.05) is 0 Å². The van der Waals surface area contributed by atoms with Crippen molar-refractivity contribution in [3.8, 4) is 0 Å². The van der Waals surface area contributed by atoms with Crippen LogP contribution in [0.5, 0.6) is 0 Å². The highest BCUT2D eigenvalue weighted by Crippen LogP contribution is 2.44. The van der Waals surface area contributed by atoms with E-state index >= 15 is 0 Å². The summed E-state index contributed by atoms with van der Waals surface area (Å²) in [4.78, 5) is 24.8. The smallest absolute Gasteiger partial charge is 0.324 e. The molecule has 1 atom stereocenters. The predicted molar refractivity (Wildman–Crippen MR) is 87.3 cm³/mol. The van der Waals surface area contributed by atoms with E-state index in [1.54, 1.807) is 6.92 Å². The second-order valence-electron chi connectivity index (χ2n) is 5.86. The van der Waals surface area contributed by atoms with Gasteiger partial charge in [0.2, 0.25) is 0 Å². The highest BCUT2D eigenvalue weighted by molar-refractivity contribution is 6.08. The maximum Gasteiger partial charge on any atom is 0.324 e. The van der Waals surface area contributed by atoms with E-state index in [0.29, 0.717) is 6.42 Å². The van der Waals surface area contributed by atoms with E-state index in [1.807, 2.05) is 50.3 Å². The Bertz CT molecular complexity index is 650. The van der Waals surface area contributed by atoms with Crippen molar-refractivity contribution in [2.45, 2.75) is 34.1 Å². The van der Waals surface area contributed by atoms with Crippen LogP contribution in [0.15, 0.2) is 41.5 Å². The monoisotopic (exact) mass is 298 g/mol. The Kier molecular flexibility index (Phi) is 4.65. The number of hydrogen-bond donors (Lipinski definition) is 0. The standard InChI is InChI=1S/C19H22O3/c1-5-22-18(21)19(15(4)20)12-14(3)10-17(19)11-16-8-6-13(2)7-9-16/h6-11H,5,12H2,1-4H3/b17-11-. The topological polar surface area (TPSA) is 43.4 Å². The molecule has 2 rings (SSSR count). The fourth-order valence-corrected chi connectivity index (χ4v) is 2.88. The molecule has 0 spiro atoms. The number of carbonyl (C=O) groups excluding carboxylic acids is 2. The Hall–Kier alpha value is -2.16.